The number of nitrogens with zero attached hydrogens (tertiary/aromatic N) is 1. The topological polar surface area (TPSA) is 61.4 Å². The molecule has 120 valence electrons. The van der Waals surface area contributed by atoms with E-state index < -0.39 is 0 Å². The monoisotopic (exact) mass is 321 g/mol. The molecular formula is C16H23N3O2S. The lowest BCUT2D eigenvalue weighted by Crippen LogP contribution is -2.44. The summed E-state index contributed by atoms with van der Waals surface area (Å²) in [5, 5.41) is 9.94. The number of nitrogens with one attached hydrogen (secondary N) is 2. The average molecular weight is 321 g/mol. The highest BCUT2D eigenvalue weighted by Crippen LogP contribution is 2.36. The van der Waals surface area contributed by atoms with Crippen molar-refractivity contribution >= 4 is 23.2 Å². The summed E-state index contributed by atoms with van der Waals surface area (Å²) in [4.78, 5) is 26.0. The molecule has 0 aromatic carbocycles. The Labute approximate surface area is 135 Å². The van der Waals surface area contributed by atoms with Crippen molar-refractivity contribution in [2.24, 2.45) is 5.41 Å². The highest BCUT2D eigenvalue weighted by Gasteiger charge is 2.37. The number of amides is 2. The minimum Gasteiger partial charge on any atom is -0.351 e. The van der Waals surface area contributed by atoms with Gasteiger partial charge in [-0.15, -0.1) is 0 Å². The lowest BCUT2D eigenvalue weighted by molar-refractivity contribution is -0.133. The molecule has 2 amide bonds. The summed E-state index contributed by atoms with van der Waals surface area (Å²) in [6, 6.07) is 1.79. The Morgan fingerprint density at radius 2 is 2.14 bits per heavy atom. The van der Waals surface area contributed by atoms with E-state index in [-0.39, 0.29) is 11.8 Å². The van der Waals surface area contributed by atoms with Crippen molar-refractivity contribution < 1.29 is 9.59 Å². The molecule has 2 aliphatic rings. The number of hydrogen-bond acceptors (Lipinski definition) is 4. The molecule has 0 atom stereocenters. The molecule has 0 bridgehead atoms. The molecule has 0 radical (unpaired) electrons. The van der Waals surface area contributed by atoms with E-state index in [1.165, 1.54) is 17.8 Å². The summed E-state index contributed by atoms with van der Waals surface area (Å²) in [6.07, 6.45) is 3.84. The molecule has 2 aliphatic heterocycles. The fraction of sp³-hybridized carbons (Fsp3) is 0.625. The van der Waals surface area contributed by atoms with Crippen molar-refractivity contribution in [3.05, 3.63) is 22.4 Å². The van der Waals surface area contributed by atoms with E-state index >= 15 is 0 Å². The van der Waals surface area contributed by atoms with Gasteiger partial charge in [-0.1, -0.05) is 0 Å². The van der Waals surface area contributed by atoms with Crippen LogP contribution in [0.3, 0.4) is 0 Å². The molecule has 1 spiro atoms. The maximum absolute atomic E-state index is 12.2. The van der Waals surface area contributed by atoms with Crippen LogP contribution in [0.15, 0.2) is 16.8 Å². The normalized spacial score (nSPS) is 20.3. The predicted octanol–water partition coefficient (Wildman–Crippen LogP) is 1.47. The van der Waals surface area contributed by atoms with Crippen molar-refractivity contribution in [1.82, 2.24) is 15.5 Å². The van der Waals surface area contributed by atoms with Crippen LogP contribution >= 0.6 is 11.3 Å². The fourth-order valence-electron chi connectivity index (χ4n) is 3.39. The quantitative estimate of drug-likeness (QED) is 0.883. The first kappa shape index (κ1) is 15.5. The first-order valence-corrected chi connectivity index (χ1v) is 8.92. The first-order valence-electron chi connectivity index (χ1n) is 7.97. The van der Waals surface area contributed by atoms with Crippen LogP contribution < -0.4 is 10.6 Å². The average Bonchev–Trinajstić information content (AvgIpc) is 3.20. The third-order valence-corrected chi connectivity index (χ3v) is 5.60. The van der Waals surface area contributed by atoms with Crippen molar-refractivity contribution in [3.8, 4) is 0 Å². The Balaban J connectivity index is 1.38. The molecule has 5 nitrogen and oxygen atoms in total. The van der Waals surface area contributed by atoms with E-state index in [2.05, 4.69) is 10.6 Å². The molecular weight excluding hydrogens is 298 g/mol. The van der Waals surface area contributed by atoms with Gasteiger partial charge < -0.3 is 15.5 Å². The van der Waals surface area contributed by atoms with E-state index in [1.807, 2.05) is 15.7 Å². The lowest BCUT2D eigenvalue weighted by atomic mass is 9.78. The zero-order chi connectivity index (χ0) is 15.4. The molecule has 1 aromatic rings. The van der Waals surface area contributed by atoms with Gasteiger partial charge in [0.25, 0.3) is 5.91 Å². The minimum atomic E-state index is -0.0938. The van der Waals surface area contributed by atoms with Gasteiger partial charge in [0.15, 0.2) is 0 Å². The molecule has 22 heavy (non-hydrogen) atoms. The van der Waals surface area contributed by atoms with E-state index in [0.29, 0.717) is 23.9 Å². The molecule has 3 heterocycles. The highest BCUT2D eigenvalue weighted by atomic mass is 32.1. The van der Waals surface area contributed by atoms with Crippen LogP contribution in [0.25, 0.3) is 0 Å². The second kappa shape index (κ2) is 6.79. The maximum atomic E-state index is 12.2. The van der Waals surface area contributed by atoms with Gasteiger partial charge in [0, 0.05) is 43.5 Å². The number of rotatable bonds is 4. The summed E-state index contributed by atoms with van der Waals surface area (Å²) >= 11 is 1.50. The second-order valence-electron chi connectivity index (χ2n) is 6.33. The van der Waals surface area contributed by atoms with E-state index in [4.69, 9.17) is 0 Å². The summed E-state index contributed by atoms with van der Waals surface area (Å²) in [7, 11) is 0. The summed E-state index contributed by atoms with van der Waals surface area (Å²) in [6.45, 7) is 4.35. The molecule has 2 fully saturated rings. The Kier molecular flexibility index (Phi) is 4.78. The number of piperidine rings is 1. The van der Waals surface area contributed by atoms with Gasteiger partial charge in [-0.2, -0.15) is 11.3 Å². The van der Waals surface area contributed by atoms with Crippen LogP contribution in [0.5, 0.6) is 0 Å². The van der Waals surface area contributed by atoms with Gasteiger partial charge >= 0.3 is 0 Å². The summed E-state index contributed by atoms with van der Waals surface area (Å²) < 4.78 is 0. The fourth-order valence-corrected chi connectivity index (χ4v) is 4.03. The van der Waals surface area contributed by atoms with Gasteiger partial charge in [-0.3, -0.25) is 9.59 Å². The van der Waals surface area contributed by atoms with Crippen LogP contribution in [0, 0.1) is 5.41 Å². The molecule has 0 saturated carbocycles. The molecule has 3 rings (SSSR count). The molecule has 6 heteroatoms. The van der Waals surface area contributed by atoms with Crippen LogP contribution in [0.4, 0.5) is 0 Å². The molecule has 0 aliphatic carbocycles. The predicted molar refractivity (Wildman–Crippen MR) is 87.0 cm³/mol. The van der Waals surface area contributed by atoms with Gasteiger partial charge in [0.2, 0.25) is 5.91 Å². The number of likely N-dealkylation sites (tertiary alicyclic amines) is 1. The molecule has 1 aromatic heterocycles. The van der Waals surface area contributed by atoms with E-state index in [1.54, 1.807) is 6.07 Å². The zero-order valence-corrected chi connectivity index (χ0v) is 13.6. The number of carbonyl (C=O) groups is 2. The third kappa shape index (κ3) is 3.50. The van der Waals surface area contributed by atoms with Gasteiger partial charge in [0.05, 0.1) is 0 Å². The lowest BCUT2D eigenvalue weighted by Gasteiger charge is -2.39. The molecule has 2 N–H and O–H groups in total. The van der Waals surface area contributed by atoms with Crippen LogP contribution in [0.1, 0.15) is 36.0 Å². The van der Waals surface area contributed by atoms with Crippen molar-refractivity contribution in [1.29, 1.82) is 0 Å². The number of carbonyl (C=O) groups excluding carboxylic acids is 2. The SMILES string of the molecule is O=C(NCCC(=O)N1CCC2(CCNC2)CC1)c1ccsc1. The van der Waals surface area contributed by atoms with Crippen LogP contribution in [-0.4, -0.2) is 49.4 Å². The second-order valence-corrected chi connectivity index (χ2v) is 7.11. The van der Waals surface area contributed by atoms with Crippen molar-refractivity contribution in [2.75, 3.05) is 32.7 Å². The van der Waals surface area contributed by atoms with Crippen LogP contribution in [-0.2, 0) is 4.79 Å². The zero-order valence-electron chi connectivity index (χ0n) is 12.8. The van der Waals surface area contributed by atoms with Gasteiger partial charge in [-0.25, -0.2) is 0 Å². The largest absolute Gasteiger partial charge is 0.351 e. The first-order chi connectivity index (χ1) is 10.7. The smallest absolute Gasteiger partial charge is 0.252 e. The van der Waals surface area contributed by atoms with Crippen molar-refractivity contribution in [3.63, 3.8) is 0 Å². The third-order valence-electron chi connectivity index (χ3n) is 4.92. The Morgan fingerprint density at radius 3 is 2.77 bits per heavy atom. The maximum Gasteiger partial charge on any atom is 0.252 e. The van der Waals surface area contributed by atoms with Crippen molar-refractivity contribution in [2.45, 2.75) is 25.7 Å². The molecule has 0 unspecified atom stereocenters. The Morgan fingerprint density at radius 1 is 1.32 bits per heavy atom. The van der Waals surface area contributed by atoms with Gasteiger partial charge in [0.1, 0.15) is 0 Å². The van der Waals surface area contributed by atoms with Gasteiger partial charge in [-0.05, 0) is 42.7 Å². The number of hydrogen-bond donors (Lipinski definition) is 2. The van der Waals surface area contributed by atoms with E-state index in [9.17, 15) is 9.59 Å². The number of thiophene rings is 1. The van der Waals surface area contributed by atoms with E-state index in [0.717, 1.165) is 39.0 Å². The summed E-state index contributed by atoms with van der Waals surface area (Å²) in [5.41, 5.74) is 1.11. The Bertz CT molecular complexity index is 514. The molecule has 2 saturated heterocycles. The minimum absolute atomic E-state index is 0.0938. The highest BCUT2D eigenvalue weighted by molar-refractivity contribution is 7.08. The Hall–Kier alpha value is -1.40. The standard InChI is InChI=1S/C16H23N3O2S/c20-14(1-6-18-15(21)13-2-10-22-11-13)19-8-4-16(5-9-19)3-7-17-12-16/h2,10-11,17H,1,3-9,12H2,(H,18,21). The summed E-state index contributed by atoms with van der Waals surface area (Å²) in [5.74, 6) is 0.0649. The van der Waals surface area contributed by atoms with Crippen LogP contribution in [0.2, 0.25) is 0 Å².